The molecule has 9 rings (SSSR count). The number of fused-ring (bicyclic) bond motifs is 16. The lowest BCUT2D eigenvalue weighted by molar-refractivity contribution is -0.148. The van der Waals surface area contributed by atoms with Crippen molar-refractivity contribution in [1.29, 1.82) is 0 Å². The molecule has 7 bridgehead atoms. The number of amides is 2. The van der Waals surface area contributed by atoms with Crippen LogP contribution in [0.2, 0.25) is 0 Å². The summed E-state index contributed by atoms with van der Waals surface area (Å²) in [6.45, 7) is 7.83. The average molecular weight is 834 g/mol. The normalized spacial score (nSPS) is 23.3. The maximum atomic E-state index is 14.5. The Labute approximate surface area is 357 Å². The summed E-state index contributed by atoms with van der Waals surface area (Å²) in [5, 5.41) is 6.44. The van der Waals surface area contributed by atoms with Crippen molar-refractivity contribution in [1.82, 2.24) is 33.9 Å². The number of aromatic nitrogens is 3. The molecule has 5 aliphatic rings. The number of carbonyl (C=O) groups is 4. The van der Waals surface area contributed by atoms with Gasteiger partial charge in [0.15, 0.2) is 13.5 Å². The Balaban J connectivity index is 1.04. The Morgan fingerprint density at radius 2 is 1.44 bits per heavy atom. The summed E-state index contributed by atoms with van der Waals surface area (Å²) in [5.74, 6) is -1.46. The van der Waals surface area contributed by atoms with Gasteiger partial charge in [-0.3, -0.25) is 33.4 Å². The lowest BCUT2D eigenvalue weighted by atomic mass is 9.88. The lowest BCUT2D eigenvalue weighted by Gasteiger charge is -2.43. The number of para-hydroxylation sites is 1. The molecule has 324 valence electrons. The van der Waals surface area contributed by atoms with Crippen LogP contribution in [0.1, 0.15) is 80.4 Å². The van der Waals surface area contributed by atoms with Crippen LogP contribution in [0.3, 0.4) is 0 Å². The number of hydrogen-bond donors (Lipinski definition) is 0. The van der Waals surface area contributed by atoms with Gasteiger partial charge in [0.1, 0.15) is 0 Å². The Bertz CT molecular complexity index is 2330. The Hall–Kier alpha value is -5.34. The number of piperidine rings is 2. The van der Waals surface area contributed by atoms with Crippen LogP contribution in [0.25, 0.3) is 21.8 Å². The van der Waals surface area contributed by atoms with Crippen LogP contribution in [0, 0.1) is 12.8 Å². The van der Waals surface area contributed by atoms with Crippen LogP contribution in [-0.2, 0) is 48.5 Å². The number of ether oxygens (including phenoxy) is 2. The zero-order chi connectivity index (χ0) is 42.5. The number of piperazine rings is 1. The van der Waals surface area contributed by atoms with Crippen molar-refractivity contribution < 1.29 is 28.7 Å². The first-order valence-corrected chi connectivity index (χ1v) is 22.1. The number of allylic oxidation sites excluding steroid dienone is 2. The van der Waals surface area contributed by atoms with Gasteiger partial charge >= 0.3 is 11.9 Å². The van der Waals surface area contributed by atoms with Crippen molar-refractivity contribution >= 4 is 45.6 Å². The van der Waals surface area contributed by atoms with Crippen molar-refractivity contribution in [3.63, 3.8) is 0 Å². The van der Waals surface area contributed by atoms with Crippen molar-refractivity contribution in [2.45, 2.75) is 96.6 Å². The molecule has 0 saturated carbocycles. The van der Waals surface area contributed by atoms with Crippen LogP contribution in [0.5, 0.6) is 0 Å². The fourth-order valence-corrected chi connectivity index (χ4v) is 9.69. The standard InChI is InChI=1S/C47H59N7O7/c1-33-25-34-26-37(46(58)52-23-21-50(22-24-52)39-15-17-49(2)18-16-39)29-42(55)51-19-13-35(14-20-51)40-28-36-9-7-8-10-41(36)54(47(40)59)32-61-44(57)12-6-4-3-5-11-43(56)60-31-53-30-38(27-34)45(33)48-53/h3-4,7-10,25,27-28,30,35,37,39H,5-6,11-24,26,29,31-32H2,1-2H3/b4-3+/t37-/m0/s1. The maximum Gasteiger partial charge on any atom is 0.307 e. The molecule has 14 heteroatoms. The van der Waals surface area contributed by atoms with E-state index >= 15 is 0 Å². The molecule has 0 aliphatic carbocycles. The monoisotopic (exact) mass is 833 g/mol. The van der Waals surface area contributed by atoms with Crippen LogP contribution in [0.15, 0.2) is 65.6 Å². The van der Waals surface area contributed by atoms with Crippen LogP contribution in [0.4, 0.5) is 0 Å². The van der Waals surface area contributed by atoms with E-state index in [4.69, 9.17) is 9.47 Å². The minimum atomic E-state index is -0.552. The topological polar surface area (TPSA) is 140 Å². The number of carbonyl (C=O) groups excluding carboxylic acids is 4. The highest BCUT2D eigenvalue weighted by atomic mass is 16.5. The molecule has 2 aromatic carbocycles. The highest BCUT2D eigenvalue weighted by Gasteiger charge is 2.34. The fourth-order valence-electron chi connectivity index (χ4n) is 9.69. The van der Waals surface area contributed by atoms with Gasteiger partial charge in [-0.25, -0.2) is 4.68 Å². The number of esters is 2. The van der Waals surface area contributed by atoms with Crippen LogP contribution >= 0.6 is 0 Å². The van der Waals surface area contributed by atoms with E-state index in [9.17, 15) is 24.0 Å². The first-order chi connectivity index (χ1) is 29.6. The average Bonchev–Trinajstić information content (AvgIpc) is 3.69. The van der Waals surface area contributed by atoms with Crippen molar-refractivity contribution in [3.05, 3.63) is 87.9 Å². The summed E-state index contributed by atoms with van der Waals surface area (Å²) in [5.41, 5.74) is 3.82. The first kappa shape index (κ1) is 42.4. The van der Waals surface area contributed by atoms with Crippen molar-refractivity contribution in [2.24, 2.45) is 5.92 Å². The van der Waals surface area contributed by atoms with E-state index in [-0.39, 0.29) is 62.0 Å². The summed E-state index contributed by atoms with van der Waals surface area (Å²) in [4.78, 5) is 77.0. The molecule has 0 spiro atoms. The number of likely N-dealkylation sites (tertiary alicyclic amines) is 1. The second-order valence-electron chi connectivity index (χ2n) is 17.4. The molecule has 0 radical (unpaired) electrons. The summed E-state index contributed by atoms with van der Waals surface area (Å²) < 4.78 is 14.3. The molecule has 61 heavy (non-hydrogen) atoms. The van der Waals surface area contributed by atoms with Crippen molar-refractivity contribution in [2.75, 3.05) is 59.4 Å². The van der Waals surface area contributed by atoms with E-state index in [1.165, 1.54) is 4.57 Å². The maximum absolute atomic E-state index is 14.5. The number of hydrogen-bond acceptors (Lipinski definition) is 10. The van der Waals surface area contributed by atoms with Gasteiger partial charge in [-0.1, -0.05) is 36.4 Å². The minimum Gasteiger partial charge on any atom is -0.444 e. The largest absolute Gasteiger partial charge is 0.444 e. The molecule has 0 unspecified atom stereocenters. The number of pyridine rings is 1. The van der Waals surface area contributed by atoms with Gasteiger partial charge < -0.3 is 24.2 Å². The van der Waals surface area contributed by atoms with E-state index in [1.54, 1.807) is 4.68 Å². The third-order valence-electron chi connectivity index (χ3n) is 13.2. The molecule has 7 heterocycles. The number of rotatable bonds is 2. The molecule has 3 fully saturated rings. The third kappa shape index (κ3) is 10.1. The van der Waals surface area contributed by atoms with Gasteiger partial charge in [0.25, 0.3) is 5.56 Å². The number of benzene rings is 2. The zero-order valence-electron chi connectivity index (χ0n) is 35.6. The predicted molar refractivity (Wildman–Crippen MR) is 232 cm³/mol. The Morgan fingerprint density at radius 3 is 2.16 bits per heavy atom. The first-order valence-electron chi connectivity index (χ1n) is 22.1. The van der Waals surface area contributed by atoms with Gasteiger partial charge in [-0.2, -0.15) is 5.10 Å². The SMILES string of the molecule is Cc1cc2cc3cn(nc13)COC(=O)CC/C=C/CCC(=O)OCn1c(=O)c(cc3ccccc31)C1CCN(CC1)C(=O)C[C@@H](C(=O)N1CCN(C3CCN(C)CC3)CC1)C2. The van der Waals surface area contributed by atoms with E-state index < -0.39 is 11.9 Å². The third-order valence-corrected chi connectivity index (χ3v) is 13.2. The quantitative estimate of drug-likeness (QED) is 0.201. The molecule has 3 saturated heterocycles. The summed E-state index contributed by atoms with van der Waals surface area (Å²) in [6.07, 6.45) is 10.8. The van der Waals surface area contributed by atoms with E-state index in [0.29, 0.717) is 75.4 Å². The smallest absolute Gasteiger partial charge is 0.307 e. The molecule has 5 aliphatic heterocycles. The molecule has 0 N–H and O–H groups in total. The summed E-state index contributed by atoms with van der Waals surface area (Å²) in [6, 6.07) is 14.2. The summed E-state index contributed by atoms with van der Waals surface area (Å²) in [7, 11) is 2.17. The lowest BCUT2D eigenvalue weighted by Crippen LogP contribution is -2.55. The van der Waals surface area contributed by atoms with Gasteiger partial charge in [0.2, 0.25) is 11.8 Å². The molecule has 4 aromatic rings. The highest BCUT2D eigenvalue weighted by molar-refractivity contribution is 5.87. The number of aryl methyl sites for hydroxylation is 1. The van der Waals surface area contributed by atoms with Gasteiger partial charge in [0, 0.05) is 81.7 Å². The number of nitrogens with zero attached hydrogens (tertiary/aromatic N) is 7. The highest BCUT2D eigenvalue weighted by Crippen LogP contribution is 2.30. The molecule has 14 nitrogen and oxygen atoms in total. The van der Waals surface area contributed by atoms with Gasteiger partial charge in [-0.15, -0.1) is 0 Å². The van der Waals surface area contributed by atoms with Crippen LogP contribution < -0.4 is 5.56 Å². The van der Waals surface area contributed by atoms with E-state index in [1.807, 2.05) is 71.5 Å². The predicted octanol–water partition coefficient (Wildman–Crippen LogP) is 4.98. The molecule has 2 amide bonds. The van der Waals surface area contributed by atoms with E-state index in [2.05, 4.69) is 28.0 Å². The Kier molecular flexibility index (Phi) is 13.3. The molecule has 2 aromatic heterocycles. The second-order valence-corrected chi connectivity index (χ2v) is 17.4. The minimum absolute atomic E-state index is 0.0125. The van der Waals surface area contributed by atoms with Crippen molar-refractivity contribution in [3.8, 4) is 0 Å². The Morgan fingerprint density at radius 1 is 0.754 bits per heavy atom. The zero-order valence-corrected chi connectivity index (χ0v) is 35.6. The van der Waals surface area contributed by atoms with Crippen LogP contribution in [-0.4, -0.2) is 123 Å². The fraction of sp³-hybridized carbons (Fsp3) is 0.532. The second kappa shape index (κ2) is 19.1. The van der Waals surface area contributed by atoms with Gasteiger partial charge in [0.05, 0.1) is 17.0 Å². The van der Waals surface area contributed by atoms with Gasteiger partial charge in [-0.05, 0) is 113 Å². The molecular formula is C47H59N7O7. The molecule has 1 atom stereocenters. The summed E-state index contributed by atoms with van der Waals surface area (Å²) >= 11 is 0. The van der Waals surface area contributed by atoms with E-state index in [0.717, 1.165) is 66.4 Å². The molecular weight excluding hydrogens is 775 g/mol.